The number of nitrogens with one attached hydrogen (secondary N) is 1. The fourth-order valence-electron chi connectivity index (χ4n) is 6.39. The number of amides is 2. The number of hydrogen-bond acceptors (Lipinski definition) is 7. The van der Waals surface area contributed by atoms with Crippen LogP contribution in [0.2, 0.25) is 0 Å². The summed E-state index contributed by atoms with van der Waals surface area (Å²) in [6.45, 7) is 2.26. The highest BCUT2D eigenvalue weighted by Crippen LogP contribution is 2.35. The molecule has 0 spiro atoms. The van der Waals surface area contributed by atoms with Crippen molar-refractivity contribution in [3.63, 3.8) is 0 Å². The number of carboxylic acid groups (broad SMARTS) is 1. The van der Waals surface area contributed by atoms with E-state index in [1.54, 1.807) is 30.1 Å². The number of aromatic nitrogens is 4. The van der Waals surface area contributed by atoms with Crippen LogP contribution in [0, 0.1) is 0 Å². The Bertz CT molecular complexity index is 1330. The monoisotopic (exact) mass is 518 g/mol. The minimum atomic E-state index is -0.800. The fraction of sp³-hybridized carbons (Fsp3) is 0.519. The normalized spacial score (nSPS) is 21.8. The lowest BCUT2D eigenvalue weighted by Gasteiger charge is -2.39. The number of fused-ring (bicyclic) bond motifs is 3. The first-order chi connectivity index (χ1) is 18.4. The summed E-state index contributed by atoms with van der Waals surface area (Å²) < 4.78 is 2.10. The van der Waals surface area contributed by atoms with Crippen LogP contribution in [-0.2, 0) is 6.54 Å². The van der Waals surface area contributed by atoms with Crippen LogP contribution in [0.15, 0.2) is 30.6 Å². The van der Waals surface area contributed by atoms with Crippen molar-refractivity contribution in [2.24, 2.45) is 0 Å². The molecule has 5 heterocycles. The molecule has 6 rings (SSSR count). The number of rotatable bonds is 6. The van der Waals surface area contributed by atoms with Crippen molar-refractivity contribution in [2.45, 2.75) is 63.2 Å². The summed E-state index contributed by atoms with van der Waals surface area (Å²) in [7, 11) is 3.54. The number of likely N-dealkylation sites (tertiary alicyclic amines) is 1. The van der Waals surface area contributed by atoms with Gasteiger partial charge in [-0.25, -0.2) is 14.8 Å². The second kappa shape index (κ2) is 9.86. The molecule has 2 atom stereocenters. The van der Waals surface area contributed by atoms with Gasteiger partial charge in [-0.2, -0.15) is 4.98 Å². The molecule has 200 valence electrons. The van der Waals surface area contributed by atoms with Gasteiger partial charge in [-0.05, 0) is 43.4 Å². The van der Waals surface area contributed by atoms with E-state index >= 15 is 0 Å². The molecule has 11 nitrogen and oxygen atoms in total. The molecule has 2 saturated heterocycles. The molecule has 11 heteroatoms. The van der Waals surface area contributed by atoms with Crippen LogP contribution < -0.4 is 5.32 Å². The third kappa shape index (κ3) is 4.55. The Balaban J connectivity index is 1.18. The van der Waals surface area contributed by atoms with E-state index in [1.165, 1.54) is 0 Å². The number of carbonyl (C=O) groups is 2. The van der Waals surface area contributed by atoms with Gasteiger partial charge in [0, 0.05) is 69.6 Å². The standard InChI is InChI=1S/C27H34N8O3/c1-32(2)25(36)22-11-18-13-29-26(31-24(18)35(22)19-5-3-4-6-19)30-23-10-7-17(12-28-23)14-33-15-20-8-9-21(16-33)34(20)27(37)38/h7,10-13,19-21H,3-6,8-9,14-16H2,1-2H3,(H,37,38)(H,28,29,30,31). The number of hydrogen-bond donors (Lipinski definition) is 2. The molecule has 3 aromatic heterocycles. The SMILES string of the molecule is CN(C)C(=O)c1cc2cnc(Nc3ccc(CN4CC5CCC(C4)N5C(=O)O)cn3)nc2n1C1CCCC1. The van der Waals surface area contributed by atoms with Crippen molar-refractivity contribution >= 4 is 34.8 Å². The van der Waals surface area contributed by atoms with Gasteiger partial charge in [0.05, 0.1) is 0 Å². The van der Waals surface area contributed by atoms with Crippen LogP contribution in [0.4, 0.5) is 16.6 Å². The molecule has 3 aliphatic rings. The average molecular weight is 519 g/mol. The Kier molecular flexibility index (Phi) is 6.38. The lowest BCUT2D eigenvalue weighted by Crippen LogP contribution is -2.55. The van der Waals surface area contributed by atoms with Gasteiger partial charge in [-0.3, -0.25) is 14.6 Å². The molecule has 2 aliphatic heterocycles. The van der Waals surface area contributed by atoms with Gasteiger partial charge in [0.25, 0.3) is 5.91 Å². The quantitative estimate of drug-likeness (QED) is 0.507. The van der Waals surface area contributed by atoms with E-state index in [-0.39, 0.29) is 24.0 Å². The molecular weight excluding hydrogens is 484 g/mol. The topological polar surface area (TPSA) is 120 Å². The maximum atomic E-state index is 12.9. The zero-order valence-corrected chi connectivity index (χ0v) is 21.9. The van der Waals surface area contributed by atoms with Gasteiger partial charge >= 0.3 is 6.09 Å². The highest BCUT2D eigenvalue weighted by molar-refractivity contribution is 5.97. The van der Waals surface area contributed by atoms with Gasteiger partial charge in [-0.1, -0.05) is 18.9 Å². The third-order valence-corrected chi connectivity index (χ3v) is 8.14. The third-order valence-electron chi connectivity index (χ3n) is 8.14. The summed E-state index contributed by atoms with van der Waals surface area (Å²) in [6.07, 6.45) is 9.09. The van der Waals surface area contributed by atoms with E-state index in [4.69, 9.17) is 4.98 Å². The highest BCUT2D eigenvalue weighted by Gasteiger charge is 2.42. The number of anilines is 2. The number of piperazine rings is 1. The molecule has 3 aromatic rings. The van der Waals surface area contributed by atoms with E-state index in [1.807, 2.05) is 24.4 Å². The minimum absolute atomic E-state index is 0.0287. The largest absolute Gasteiger partial charge is 0.465 e. The van der Waals surface area contributed by atoms with E-state index < -0.39 is 6.09 Å². The Labute approximate surface area is 221 Å². The first-order valence-electron chi connectivity index (χ1n) is 13.4. The van der Waals surface area contributed by atoms with Gasteiger partial charge in [0.15, 0.2) is 0 Å². The zero-order valence-electron chi connectivity index (χ0n) is 21.9. The molecule has 38 heavy (non-hydrogen) atoms. The lowest BCUT2D eigenvalue weighted by atomic mass is 10.1. The van der Waals surface area contributed by atoms with Gasteiger partial charge in [-0.15, -0.1) is 0 Å². The van der Waals surface area contributed by atoms with Crippen LogP contribution in [0.3, 0.4) is 0 Å². The van der Waals surface area contributed by atoms with Gasteiger partial charge in [0.1, 0.15) is 17.2 Å². The first-order valence-corrected chi connectivity index (χ1v) is 13.4. The molecule has 1 saturated carbocycles. The van der Waals surface area contributed by atoms with E-state index in [2.05, 4.69) is 24.8 Å². The second-order valence-corrected chi connectivity index (χ2v) is 11.0. The summed E-state index contributed by atoms with van der Waals surface area (Å²) >= 11 is 0. The van der Waals surface area contributed by atoms with Crippen LogP contribution in [0.1, 0.15) is 60.6 Å². The zero-order chi connectivity index (χ0) is 26.4. The van der Waals surface area contributed by atoms with E-state index in [9.17, 15) is 14.7 Å². The maximum absolute atomic E-state index is 12.9. The number of pyridine rings is 1. The summed E-state index contributed by atoms with van der Waals surface area (Å²) in [4.78, 5) is 43.9. The Morgan fingerprint density at radius 3 is 2.39 bits per heavy atom. The van der Waals surface area contributed by atoms with Crippen LogP contribution in [-0.4, -0.2) is 90.6 Å². The van der Waals surface area contributed by atoms with E-state index in [0.717, 1.165) is 74.8 Å². The van der Waals surface area contributed by atoms with Crippen molar-refractivity contribution in [3.05, 3.63) is 41.9 Å². The Morgan fingerprint density at radius 1 is 1.03 bits per heavy atom. The molecule has 0 aromatic carbocycles. The summed E-state index contributed by atoms with van der Waals surface area (Å²) in [5, 5.41) is 13.6. The van der Waals surface area contributed by atoms with Crippen molar-refractivity contribution in [1.82, 2.24) is 34.2 Å². The second-order valence-electron chi connectivity index (χ2n) is 11.0. The molecule has 0 radical (unpaired) electrons. The average Bonchev–Trinajstić information content (AvgIpc) is 3.61. The van der Waals surface area contributed by atoms with Gasteiger partial charge < -0.3 is 19.9 Å². The molecular formula is C27H34N8O3. The highest BCUT2D eigenvalue weighted by atomic mass is 16.4. The molecule has 1 aliphatic carbocycles. The summed E-state index contributed by atoms with van der Waals surface area (Å²) in [6, 6.07) is 6.29. The maximum Gasteiger partial charge on any atom is 0.407 e. The smallest absolute Gasteiger partial charge is 0.407 e. The predicted octanol–water partition coefficient (Wildman–Crippen LogP) is 3.71. The molecule has 2 unspecified atom stereocenters. The fourth-order valence-corrected chi connectivity index (χ4v) is 6.39. The van der Waals surface area contributed by atoms with Crippen molar-refractivity contribution < 1.29 is 14.7 Å². The van der Waals surface area contributed by atoms with Crippen molar-refractivity contribution in [3.8, 4) is 0 Å². The Hall–Kier alpha value is -3.73. The van der Waals surface area contributed by atoms with Crippen molar-refractivity contribution in [1.29, 1.82) is 0 Å². The molecule has 2 N–H and O–H groups in total. The van der Waals surface area contributed by atoms with Crippen molar-refractivity contribution in [2.75, 3.05) is 32.5 Å². The summed E-state index contributed by atoms with van der Waals surface area (Å²) in [5.74, 6) is 1.06. The van der Waals surface area contributed by atoms with Crippen LogP contribution >= 0.6 is 0 Å². The Morgan fingerprint density at radius 2 is 1.76 bits per heavy atom. The lowest BCUT2D eigenvalue weighted by molar-refractivity contribution is 0.0591. The van der Waals surface area contributed by atoms with Crippen LogP contribution in [0.5, 0.6) is 0 Å². The first kappa shape index (κ1) is 24.6. The molecule has 3 fully saturated rings. The minimum Gasteiger partial charge on any atom is -0.465 e. The number of nitrogens with zero attached hydrogens (tertiary/aromatic N) is 7. The molecule has 2 amide bonds. The van der Waals surface area contributed by atoms with Crippen LogP contribution in [0.25, 0.3) is 11.0 Å². The number of carbonyl (C=O) groups excluding carboxylic acids is 1. The molecule has 2 bridgehead atoms. The predicted molar refractivity (Wildman–Crippen MR) is 143 cm³/mol. The summed E-state index contributed by atoms with van der Waals surface area (Å²) in [5.41, 5.74) is 2.51. The van der Waals surface area contributed by atoms with Gasteiger partial charge in [0.2, 0.25) is 5.95 Å². The van der Waals surface area contributed by atoms with E-state index in [0.29, 0.717) is 17.5 Å².